The summed E-state index contributed by atoms with van der Waals surface area (Å²) in [4.78, 5) is 30.2. The molecule has 0 radical (unpaired) electrons. The molecule has 262 valence electrons. The summed E-state index contributed by atoms with van der Waals surface area (Å²) in [7, 11) is 0.0565. The fraction of sp³-hybridized carbons (Fsp3) is 0.486. The van der Waals surface area contributed by atoms with Crippen molar-refractivity contribution in [2.75, 3.05) is 20.3 Å². The van der Waals surface area contributed by atoms with Crippen LogP contribution in [0.2, 0.25) is 25.7 Å². The monoisotopic (exact) mass is 693 g/mol. The number of aliphatic carboxylic acids is 1. The van der Waals surface area contributed by atoms with E-state index in [1.165, 1.54) is 13.2 Å². The van der Waals surface area contributed by atoms with Gasteiger partial charge in [-0.1, -0.05) is 32.6 Å². The average Bonchev–Trinajstić information content (AvgIpc) is 3.63. The fourth-order valence-electron chi connectivity index (χ4n) is 6.64. The molecule has 1 fully saturated rings. The maximum Gasteiger partial charge on any atom is 0.408 e. The number of methoxy groups -OCH3 is 1. The standard InChI is InChI=1S/C35H44FN5O7Si/c1-6-21-16-30(46-2)25(36)17-24(21)22-10-11-23-27(15-22)41(31-9-7-8-12-48-31)38-32(23)33-37-26-18-28(34(42)43)39(35(44)45)19-29(26)40(33)20-47-13-14-49(3,4)5/h10-11,15-17,28,31H,6-9,12-14,18-20H2,1-5H3,(H,42,43)(H,44,45). The highest BCUT2D eigenvalue weighted by atomic mass is 28.3. The second-order valence-electron chi connectivity index (χ2n) is 13.9. The molecule has 2 aromatic heterocycles. The highest BCUT2D eigenvalue weighted by molar-refractivity contribution is 6.76. The van der Waals surface area contributed by atoms with Gasteiger partial charge in [-0.15, -0.1) is 0 Å². The van der Waals surface area contributed by atoms with Gasteiger partial charge in [0.1, 0.15) is 18.5 Å². The molecule has 0 bridgehead atoms. The van der Waals surface area contributed by atoms with Crippen LogP contribution in [-0.4, -0.2) is 80.9 Å². The predicted octanol–water partition coefficient (Wildman–Crippen LogP) is 6.78. The first-order valence-corrected chi connectivity index (χ1v) is 20.5. The zero-order valence-corrected chi connectivity index (χ0v) is 29.7. The maximum absolute atomic E-state index is 15.0. The zero-order valence-electron chi connectivity index (χ0n) is 28.7. The van der Waals surface area contributed by atoms with Gasteiger partial charge >= 0.3 is 12.1 Å². The Bertz CT molecular complexity index is 1880. The molecule has 2 aromatic carbocycles. The van der Waals surface area contributed by atoms with Crippen molar-refractivity contribution in [1.82, 2.24) is 24.2 Å². The summed E-state index contributed by atoms with van der Waals surface area (Å²) in [5.41, 5.74) is 4.91. The molecule has 2 unspecified atom stereocenters. The summed E-state index contributed by atoms with van der Waals surface area (Å²) in [5.74, 6) is -1.02. The van der Waals surface area contributed by atoms with Crippen molar-refractivity contribution >= 4 is 31.0 Å². The van der Waals surface area contributed by atoms with Gasteiger partial charge in [-0.2, -0.15) is 5.10 Å². The lowest BCUT2D eigenvalue weighted by Gasteiger charge is -2.30. The molecule has 6 rings (SSSR count). The molecule has 14 heteroatoms. The fourth-order valence-corrected chi connectivity index (χ4v) is 7.39. The van der Waals surface area contributed by atoms with E-state index in [-0.39, 0.29) is 31.7 Å². The second-order valence-corrected chi connectivity index (χ2v) is 19.5. The number of fused-ring (bicyclic) bond motifs is 2. The van der Waals surface area contributed by atoms with Gasteiger partial charge in [0.15, 0.2) is 23.6 Å². The van der Waals surface area contributed by atoms with E-state index >= 15 is 4.39 Å². The lowest BCUT2D eigenvalue weighted by molar-refractivity contribution is -0.143. The molecule has 4 heterocycles. The van der Waals surface area contributed by atoms with Crippen LogP contribution in [0.5, 0.6) is 5.75 Å². The minimum Gasteiger partial charge on any atom is -0.494 e. The van der Waals surface area contributed by atoms with Gasteiger partial charge in [-0.25, -0.2) is 23.6 Å². The largest absolute Gasteiger partial charge is 0.494 e. The van der Waals surface area contributed by atoms with E-state index in [0.717, 1.165) is 57.8 Å². The second kappa shape index (κ2) is 13.9. The van der Waals surface area contributed by atoms with Crippen molar-refractivity contribution < 1.29 is 38.4 Å². The highest BCUT2D eigenvalue weighted by Gasteiger charge is 2.39. The van der Waals surface area contributed by atoms with E-state index in [1.54, 1.807) is 6.07 Å². The van der Waals surface area contributed by atoms with Crippen molar-refractivity contribution in [2.45, 2.75) is 90.3 Å². The highest BCUT2D eigenvalue weighted by Crippen LogP contribution is 2.38. The van der Waals surface area contributed by atoms with Crippen molar-refractivity contribution in [1.29, 1.82) is 0 Å². The number of hydrogen-bond donors (Lipinski definition) is 2. The third-order valence-corrected chi connectivity index (χ3v) is 11.1. The van der Waals surface area contributed by atoms with Crippen molar-refractivity contribution in [2.24, 2.45) is 0 Å². The molecule has 0 saturated carbocycles. The Morgan fingerprint density at radius 3 is 2.59 bits per heavy atom. The molecule has 49 heavy (non-hydrogen) atoms. The molecule has 0 aliphatic carbocycles. The van der Waals surface area contributed by atoms with Gasteiger partial charge in [0.25, 0.3) is 0 Å². The predicted molar refractivity (Wildman–Crippen MR) is 184 cm³/mol. The summed E-state index contributed by atoms with van der Waals surface area (Å²) < 4.78 is 36.3. The van der Waals surface area contributed by atoms with Crippen molar-refractivity contribution in [3.8, 4) is 28.4 Å². The molecule has 2 N–H and O–H groups in total. The molecule has 2 aliphatic rings. The Hall–Kier alpha value is -4.27. The number of aromatic nitrogens is 4. The number of halogens is 1. The van der Waals surface area contributed by atoms with Gasteiger partial charge in [0.2, 0.25) is 0 Å². The Morgan fingerprint density at radius 1 is 1.14 bits per heavy atom. The van der Waals surface area contributed by atoms with E-state index in [1.807, 2.05) is 34.4 Å². The van der Waals surface area contributed by atoms with Gasteiger partial charge < -0.3 is 29.0 Å². The first kappa shape index (κ1) is 34.6. The molecular weight excluding hydrogens is 649 g/mol. The van der Waals surface area contributed by atoms with Crippen LogP contribution in [0.15, 0.2) is 30.3 Å². The number of carbonyl (C=O) groups is 2. The van der Waals surface area contributed by atoms with Crippen LogP contribution in [0.1, 0.15) is 49.4 Å². The average molecular weight is 694 g/mol. The lowest BCUT2D eigenvalue weighted by atomic mass is 9.96. The summed E-state index contributed by atoms with van der Waals surface area (Å²) in [6, 6.07) is 8.78. The van der Waals surface area contributed by atoms with E-state index in [2.05, 4.69) is 19.6 Å². The van der Waals surface area contributed by atoms with Crippen LogP contribution >= 0.6 is 0 Å². The van der Waals surface area contributed by atoms with Crippen LogP contribution in [0, 0.1) is 5.82 Å². The van der Waals surface area contributed by atoms with Gasteiger partial charge in [0, 0.05) is 33.1 Å². The SMILES string of the molecule is CCc1cc(OC)c(F)cc1-c1ccc2c(-c3nc4c(n3COCC[Si](C)(C)C)CN(C(=O)O)C(C(=O)O)C4)nn(C3CCCCO3)c2c1. The van der Waals surface area contributed by atoms with Crippen LogP contribution in [0.4, 0.5) is 9.18 Å². The van der Waals surface area contributed by atoms with E-state index in [0.29, 0.717) is 42.5 Å². The number of aryl methyl sites for hydroxylation is 1. The topological polar surface area (TPSA) is 141 Å². The molecule has 1 saturated heterocycles. The molecular formula is C35H44FN5O7Si. The van der Waals surface area contributed by atoms with Crippen LogP contribution in [0.25, 0.3) is 33.5 Å². The summed E-state index contributed by atoms with van der Waals surface area (Å²) in [6.45, 7) is 9.88. The molecule has 0 spiro atoms. The smallest absolute Gasteiger partial charge is 0.408 e. The summed E-state index contributed by atoms with van der Waals surface area (Å²) in [6.07, 6.45) is 1.63. The first-order chi connectivity index (χ1) is 23.4. The molecule has 4 aromatic rings. The number of rotatable bonds is 11. The summed E-state index contributed by atoms with van der Waals surface area (Å²) >= 11 is 0. The molecule has 1 amide bonds. The van der Waals surface area contributed by atoms with E-state index < -0.39 is 32.0 Å². The lowest BCUT2D eigenvalue weighted by Crippen LogP contribution is -2.48. The molecule has 2 aliphatic heterocycles. The number of imidazole rings is 1. The maximum atomic E-state index is 15.0. The van der Waals surface area contributed by atoms with Gasteiger partial charge in [-0.05, 0) is 72.7 Å². The van der Waals surface area contributed by atoms with Gasteiger partial charge in [-0.3, -0.25) is 4.90 Å². The summed E-state index contributed by atoms with van der Waals surface area (Å²) in [5, 5.41) is 25.7. The number of nitrogens with zero attached hydrogens (tertiary/aromatic N) is 5. The van der Waals surface area contributed by atoms with E-state index in [9.17, 15) is 19.8 Å². The van der Waals surface area contributed by atoms with Crippen molar-refractivity contribution in [3.05, 3.63) is 53.1 Å². The Labute approximate surface area is 285 Å². The number of ether oxygens (including phenoxy) is 3. The minimum absolute atomic E-state index is 0.0801. The quantitative estimate of drug-likeness (QED) is 0.129. The molecule has 12 nitrogen and oxygen atoms in total. The molecule has 2 atom stereocenters. The number of benzene rings is 2. The van der Waals surface area contributed by atoms with Crippen molar-refractivity contribution in [3.63, 3.8) is 0 Å². The third kappa shape index (κ3) is 6.94. The Balaban J connectivity index is 1.51. The minimum atomic E-state index is -1.40. The van der Waals surface area contributed by atoms with Crippen LogP contribution in [0.3, 0.4) is 0 Å². The Kier molecular flexibility index (Phi) is 9.83. The normalized spacial score (nSPS) is 18.1. The van der Waals surface area contributed by atoms with Gasteiger partial charge in [0.05, 0.1) is 30.6 Å². The zero-order chi connectivity index (χ0) is 35.0. The van der Waals surface area contributed by atoms with Crippen LogP contribution in [-0.2, 0) is 40.4 Å². The number of hydrogen-bond acceptors (Lipinski definition) is 7. The number of amides is 1. The van der Waals surface area contributed by atoms with E-state index in [4.69, 9.17) is 24.3 Å². The third-order valence-electron chi connectivity index (χ3n) is 9.40. The Morgan fingerprint density at radius 2 is 1.94 bits per heavy atom. The van der Waals surface area contributed by atoms with Crippen LogP contribution < -0.4 is 4.74 Å². The number of carboxylic acids is 1. The number of carboxylic acid groups (broad SMARTS) is 2. The first-order valence-electron chi connectivity index (χ1n) is 16.8.